The van der Waals surface area contributed by atoms with Gasteiger partial charge in [-0.05, 0) is 5.92 Å². The van der Waals surface area contributed by atoms with Crippen LogP contribution < -0.4 is 0 Å². The number of carbonyl (C=O) groups is 4. The van der Waals surface area contributed by atoms with Crippen LogP contribution in [0.2, 0.25) is 0 Å². The quantitative estimate of drug-likeness (QED) is 0.243. The van der Waals surface area contributed by atoms with E-state index in [4.69, 9.17) is 33.2 Å². The maximum absolute atomic E-state index is 11.9. The molecule has 0 saturated carbocycles. The monoisotopic (exact) mass is 566 g/mol. The third-order valence-corrected chi connectivity index (χ3v) is 7.01. The van der Waals surface area contributed by atoms with Crippen LogP contribution in [-0.2, 0) is 52.3 Å². The molecule has 12 heteroatoms. The summed E-state index contributed by atoms with van der Waals surface area (Å²) in [5.74, 6) is -2.72. The largest absolute Gasteiger partial charge is 0.463 e. The smallest absolute Gasteiger partial charge is 0.303 e. The Hall–Kier alpha value is -1.76. The Morgan fingerprint density at radius 1 is 0.657 bits per heavy atom. The van der Waals surface area contributed by atoms with Gasteiger partial charge in [0.2, 0.25) is 0 Å². The number of alkyl halides is 1. The summed E-state index contributed by atoms with van der Waals surface area (Å²) in [7, 11) is 0. The lowest BCUT2D eigenvalue weighted by Crippen LogP contribution is -2.60. The highest BCUT2D eigenvalue weighted by Crippen LogP contribution is 2.38. The van der Waals surface area contributed by atoms with Crippen molar-refractivity contribution in [2.45, 2.75) is 90.3 Å². The van der Waals surface area contributed by atoms with Crippen LogP contribution >= 0.6 is 15.9 Å². The van der Waals surface area contributed by atoms with Crippen LogP contribution in [0.1, 0.15) is 48.5 Å². The van der Waals surface area contributed by atoms with E-state index in [1.165, 1.54) is 27.7 Å². The molecule has 200 valence electrons. The molecule has 10 atom stereocenters. The molecule has 2 rings (SSSR count). The zero-order chi connectivity index (χ0) is 26.4. The molecule has 0 aromatic rings. The van der Waals surface area contributed by atoms with Gasteiger partial charge in [0.25, 0.3) is 0 Å². The highest BCUT2D eigenvalue weighted by atomic mass is 79.9. The minimum absolute atomic E-state index is 0.000630. The van der Waals surface area contributed by atoms with Crippen LogP contribution in [0, 0.1) is 17.8 Å². The van der Waals surface area contributed by atoms with E-state index >= 15 is 0 Å². The van der Waals surface area contributed by atoms with Crippen LogP contribution in [0.5, 0.6) is 0 Å². The molecule has 0 aromatic heterocycles. The van der Waals surface area contributed by atoms with Crippen LogP contribution in [-0.4, -0.2) is 78.9 Å². The number of ether oxygens (including phenoxy) is 7. The zero-order valence-corrected chi connectivity index (χ0v) is 22.6. The predicted octanol–water partition coefficient (Wildman–Crippen LogP) is 2.11. The zero-order valence-electron chi connectivity index (χ0n) is 21.1. The normalized spacial score (nSPS) is 37.1. The second kappa shape index (κ2) is 13.0. The molecule has 11 nitrogen and oxygen atoms in total. The SMILES string of the molecule is CC(=O)OCC1O[C@H](Br)C(OC(C)=O)[C@@H](C)[C@@H]1O[C@@H]1OC(COC(C)=O)[C@H](C)[C@H](C)C1OC(C)=O. The Bertz CT molecular complexity index is 771. The molecule has 4 unspecified atom stereocenters. The summed E-state index contributed by atoms with van der Waals surface area (Å²) in [4.78, 5) is 46.4. The van der Waals surface area contributed by atoms with E-state index in [0.717, 1.165) is 0 Å². The molecule has 0 N–H and O–H groups in total. The van der Waals surface area contributed by atoms with E-state index < -0.39 is 71.6 Å². The van der Waals surface area contributed by atoms with Crippen LogP contribution in [0.25, 0.3) is 0 Å². The summed E-state index contributed by atoms with van der Waals surface area (Å²) in [5.41, 5.74) is 0. The minimum atomic E-state index is -1.05. The number of carbonyl (C=O) groups excluding carboxylic acids is 4. The summed E-state index contributed by atoms with van der Waals surface area (Å²) in [6.07, 6.45) is -4.57. The third kappa shape index (κ3) is 8.12. The Morgan fingerprint density at radius 2 is 1.17 bits per heavy atom. The van der Waals surface area contributed by atoms with Gasteiger partial charge in [-0.25, -0.2) is 0 Å². The fourth-order valence-corrected chi connectivity index (χ4v) is 5.12. The van der Waals surface area contributed by atoms with Gasteiger partial charge in [-0.1, -0.05) is 36.7 Å². The Balaban J connectivity index is 2.34. The molecule has 2 fully saturated rings. The number of hydrogen-bond acceptors (Lipinski definition) is 11. The summed E-state index contributed by atoms with van der Waals surface area (Å²) in [5, 5.41) is -0.672. The van der Waals surface area contributed by atoms with Crippen molar-refractivity contribution >= 4 is 39.8 Å². The molecule has 0 aliphatic carbocycles. The number of esters is 4. The standard InChI is InChI=1S/C23H35BrO11/c1-10-11(2)21(32-16(7)28)23(34-17(10)8-29-13(4)25)35-19-12(3)20(31-15(6)27)22(24)33-18(19)9-30-14(5)26/h10-12,17-23H,8-9H2,1-7H3/t10-,11+,12+,17?,18?,19+,20?,21?,22+,23+/m1/s1. The molecule has 2 saturated heterocycles. The molecule has 2 aliphatic heterocycles. The molecule has 0 spiro atoms. The van der Waals surface area contributed by atoms with Crippen molar-refractivity contribution in [1.29, 1.82) is 0 Å². The molecule has 0 bridgehead atoms. The lowest BCUT2D eigenvalue weighted by Gasteiger charge is -2.48. The van der Waals surface area contributed by atoms with E-state index in [1.807, 2.05) is 20.8 Å². The average molecular weight is 567 g/mol. The van der Waals surface area contributed by atoms with Gasteiger partial charge in [-0.2, -0.15) is 0 Å². The number of hydrogen-bond donors (Lipinski definition) is 0. The topological polar surface area (TPSA) is 133 Å². The number of halogens is 1. The fourth-order valence-electron chi connectivity index (χ4n) is 4.25. The van der Waals surface area contributed by atoms with Gasteiger partial charge < -0.3 is 33.2 Å². The van der Waals surface area contributed by atoms with Crippen molar-refractivity contribution in [3.05, 3.63) is 0 Å². The van der Waals surface area contributed by atoms with Crippen molar-refractivity contribution in [3.8, 4) is 0 Å². The van der Waals surface area contributed by atoms with Crippen molar-refractivity contribution in [2.24, 2.45) is 17.8 Å². The highest BCUT2D eigenvalue weighted by Gasteiger charge is 2.51. The van der Waals surface area contributed by atoms with E-state index in [2.05, 4.69) is 15.9 Å². The fraction of sp³-hybridized carbons (Fsp3) is 0.826. The summed E-state index contributed by atoms with van der Waals surface area (Å²) < 4.78 is 39.8. The highest BCUT2D eigenvalue weighted by molar-refractivity contribution is 9.09. The first kappa shape index (κ1) is 29.5. The molecule has 35 heavy (non-hydrogen) atoms. The first-order valence-electron chi connectivity index (χ1n) is 11.5. The van der Waals surface area contributed by atoms with Crippen LogP contribution in [0.15, 0.2) is 0 Å². The van der Waals surface area contributed by atoms with Crippen molar-refractivity contribution < 1.29 is 52.3 Å². The molecular weight excluding hydrogens is 532 g/mol. The molecule has 0 radical (unpaired) electrons. The van der Waals surface area contributed by atoms with Gasteiger partial charge >= 0.3 is 23.9 Å². The summed E-state index contributed by atoms with van der Waals surface area (Å²) >= 11 is 3.38. The van der Waals surface area contributed by atoms with Crippen molar-refractivity contribution in [1.82, 2.24) is 0 Å². The van der Waals surface area contributed by atoms with Crippen LogP contribution in [0.3, 0.4) is 0 Å². The molecular formula is C23H35BrO11. The predicted molar refractivity (Wildman–Crippen MR) is 123 cm³/mol. The Kier molecular flexibility index (Phi) is 10.9. The second-order valence-corrected chi connectivity index (χ2v) is 9.90. The van der Waals surface area contributed by atoms with Gasteiger partial charge in [0.1, 0.15) is 30.4 Å². The van der Waals surface area contributed by atoms with Crippen molar-refractivity contribution in [3.63, 3.8) is 0 Å². The van der Waals surface area contributed by atoms with Gasteiger partial charge in [0, 0.05) is 39.5 Å². The van der Waals surface area contributed by atoms with Crippen LogP contribution in [0.4, 0.5) is 0 Å². The van der Waals surface area contributed by atoms with Gasteiger partial charge in [-0.3, -0.25) is 19.2 Å². The first-order valence-corrected chi connectivity index (χ1v) is 12.4. The molecule has 2 heterocycles. The van der Waals surface area contributed by atoms with Gasteiger partial charge in [0.15, 0.2) is 12.4 Å². The maximum Gasteiger partial charge on any atom is 0.303 e. The first-order chi connectivity index (χ1) is 16.3. The number of rotatable bonds is 8. The lowest BCUT2D eigenvalue weighted by molar-refractivity contribution is -0.319. The molecule has 0 amide bonds. The van der Waals surface area contributed by atoms with E-state index in [9.17, 15) is 19.2 Å². The Labute approximate surface area is 213 Å². The van der Waals surface area contributed by atoms with E-state index in [0.29, 0.717) is 0 Å². The molecule has 0 aromatic carbocycles. The maximum atomic E-state index is 11.9. The van der Waals surface area contributed by atoms with E-state index in [-0.39, 0.29) is 25.0 Å². The van der Waals surface area contributed by atoms with E-state index in [1.54, 1.807) is 0 Å². The van der Waals surface area contributed by atoms with Gasteiger partial charge in [-0.15, -0.1) is 0 Å². The average Bonchev–Trinajstić information content (AvgIpc) is 2.75. The minimum Gasteiger partial charge on any atom is -0.463 e. The lowest BCUT2D eigenvalue weighted by atomic mass is 9.83. The molecule has 2 aliphatic rings. The second-order valence-electron chi connectivity index (χ2n) is 9.00. The van der Waals surface area contributed by atoms with Gasteiger partial charge in [0.05, 0.1) is 12.2 Å². The third-order valence-electron chi connectivity index (χ3n) is 6.27. The summed E-state index contributed by atoms with van der Waals surface area (Å²) in [6.45, 7) is 10.7. The Morgan fingerprint density at radius 3 is 1.69 bits per heavy atom. The summed E-state index contributed by atoms with van der Waals surface area (Å²) in [6, 6.07) is 0. The van der Waals surface area contributed by atoms with Crippen molar-refractivity contribution in [2.75, 3.05) is 13.2 Å².